The summed E-state index contributed by atoms with van der Waals surface area (Å²) in [5.41, 5.74) is 6.20. The lowest BCUT2D eigenvalue weighted by Gasteiger charge is -2.09. The summed E-state index contributed by atoms with van der Waals surface area (Å²) in [6.07, 6.45) is 2.82. The molecular formula is C11H19N3O2. The van der Waals surface area contributed by atoms with Crippen LogP contribution in [0.15, 0.2) is 12.3 Å². The van der Waals surface area contributed by atoms with Gasteiger partial charge in [-0.3, -0.25) is 9.48 Å². The van der Waals surface area contributed by atoms with Gasteiger partial charge in [-0.1, -0.05) is 0 Å². The highest BCUT2D eigenvalue weighted by Crippen LogP contribution is 2.12. The van der Waals surface area contributed by atoms with Gasteiger partial charge in [0.15, 0.2) is 0 Å². The third kappa shape index (κ3) is 3.34. The molecule has 16 heavy (non-hydrogen) atoms. The van der Waals surface area contributed by atoms with Gasteiger partial charge in [-0.25, -0.2) is 0 Å². The highest BCUT2D eigenvalue weighted by molar-refractivity contribution is 5.70. The van der Waals surface area contributed by atoms with Gasteiger partial charge < -0.3 is 10.8 Å². The topological polar surface area (TPSA) is 81.1 Å². The van der Waals surface area contributed by atoms with Crippen molar-refractivity contribution >= 4 is 5.97 Å². The molecule has 1 aromatic rings. The number of nitrogens with zero attached hydrogens (tertiary/aromatic N) is 2. The average molecular weight is 225 g/mol. The average Bonchev–Trinajstić information content (AvgIpc) is 2.65. The molecule has 0 saturated heterocycles. The Labute approximate surface area is 95.3 Å². The van der Waals surface area contributed by atoms with Crippen molar-refractivity contribution in [3.63, 3.8) is 0 Å². The van der Waals surface area contributed by atoms with Crippen molar-refractivity contribution in [2.24, 2.45) is 11.7 Å². The summed E-state index contributed by atoms with van der Waals surface area (Å²) in [5, 5.41) is 13.3. The zero-order valence-corrected chi connectivity index (χ0v) is 9.76. The molecule has 1 aromatic heterocycles. The Morgan fingerprint density at radius 2 is 2.31 bits per heavy atom. The zero-order valence-electron chi connectivity index (χ0n) is 9.76. The van der Waals surface area contributed by atoms with Gasteiger partial charge in [-0.15, -0.1) is 0 Å². The van der Waals surface area contributed by atoms with E-state index in [0.29, 0.717) is 25.4 Å². The maximum atomic E-state index is 10.9. The largest absolute Gasteiger partial charge is 0.481 e. The van der Waals surface area contributed by atoms with Crippen LogP contribution in [0.2, 0.25) is 0 Å². The van der Waals surface area contributed by atoms with E-state index in [9.17, 15) is 4.79 Å². The fourth-order valence-electron chi connectivity index (χ4n) is 1.54. The molecule has 0 fully saturated rings. The molecule has 1 rings (SSSR count). The van der Waals surface area contributed by atoms with Crippen LogP contribution in [-0.4, -0.2) is 27.4 Å². The fourth-order valence-corrected chi connectivity index (χ4v) is 1.54. The van der Waals surface area contributed by atoms with Crippen molar-refractivity contribution in [3.8, 4) is 0 Å². The maximum absolute atomic E-state index is 10.9. The molecule has 0 aromatic carbocycles. The third-order valence-electron chi connectivity index (χ3n) is 2.51. The summed E-state index contributed by atoms with van der Waals surface area (Å²) in [4.78, 5) is 10.9. The molecule has 1 unspecified atom stereocenters. The molecule has 0 bridgehead atoms. The van der Waals surface area contributed by atoms with Crippen LogP contribution in [0.5, 0.6) is 0 Å². The molecule has 0 spiro atoms. The minimum atomic E-state index is -0.801. The standard InChI is InChI=1S/C11H19N3O2/c1-8(2)14-6-4-10(13-14)7-9(3-5-12)11(15)16/h4,6,8-9H,3,5,7,12H2,1-2H3,(H,15,16). The fraction of sp³-hybridized carbons (Fsp3) is 0.636. The van der Waals surface area contributed by atoms with Crippen LogP contribution >= 0.6 is 0 Å². The molecule has 0 saturated carbocycles. The number of carboxylic acids is 1. The van der Waals surface area contributed by atoms with E-state index in [1.807, 2.05) is 30.8 Å². The van der Waals surface area contributed by atoms with Crippen LogP contribution in [0.1, 0.15) is 32.0 Å². The van der Waals surface area contributed by atoms with Gasteiger partial charge in [0, 0.05) is 18.7 Å². The number of aliphatic carboxylic acids is 1. The molecule has 1 heterocycles. The SMILES string of the molecule is CC(C)n1ccc(CC(CCN)C(=O)O)n1. The van der Waals surface area contributed by atoms with E-state index >= 15 is 0 Å². The molecule has 5 nitrogen and oxygen atoms in total. The van der Waals surface area contributed by atoms with Gasteiger partial charge in [0.2, 0.25) is 0 Å². The van der Waals surface area contributed by atoms with Crippen LogP contribution in [0.25, 0.3) is 0 Å². The Morgan fingerprint density at radius 1 is 1.62 bits per heavy atom. The van der Waals surface area contributed by atoms with Gasteiger partial charge in [-0.05, 0) is 32.9 Å². The molecule has 0 aliphatic carbocycles. The van der Waals surface area contributed by atoms with Crippen molar-refractivity contribution in [3.05, 3.63) is 18.0 Å². The van der Waals surface area contributed by atoms with E-state index in [-0.39, 0.29) is 0 Å². The second-order valence-corrected chi connectivity index (χ2v) is 4.20. The Balaban J connectivity index is 2.66. The minimum absolute atomic E-state index is 0.298. The predicted molar refractivity (Wildman–Crippen MR) is 61.1 cm³/mol. The van der Waals surface area contributed by atoms with Gasteiger partial charge in [0.1, 0.15) is 0 Å². The summed E-state index contributed by atoms with van der Waals surface area (Å²) in [5.74, 6) is -1.23. The first-order valence-corrected chi connectivity index (χ1v) is 5.51. The summed E-state index contributed by atoms with van der Waals surface area (Å²) >= 11 is 0. The molecule has 3 N–H and O–H groups in total. The monoisotopic (exact) mass is 225 g/mol. The number of carbonyl (C=O) groups is 1. The van der Waals surface area contributed by atoms with Crippen LogP contribution < -0.4 is 5.73 Å². The van der Waals surface area contributed by atoms with Crippen molar-refractivity contribution in [1.82, 2.24) is 9.78 Å². The first-order chi connectivity index (χ1) is 7.54. The molecule has 5 heteroatoms. The van der Waals surface area contributed by atoms with E-state index in [0.717, 1.165) is 5.69 Å². The maximum Gasteiger partial charge on any atom is 0.306 e. The second-order valence-electron chi connectivity index (χ2n) is 4.20. The van der Waals surface area contributed by atoms with E-state index in [4.69, 9.17) is 10.8 Å². The molecule has 90 valence electrons. The molecule has 0 radical (unpaired) electrons. The Bertz CT molecular complexity index is 347. The lowest BCUT2D eigenvalue weighted by molar-refractivity contribution is -0.141. The third-order valence-corrected chi connectivity index (χ3v) is 2.51. The van der Waals surface area contributed by atoms with Crippen LogP contribution in [-0.2, 0) is 11.2 Å². The van der Waals surface area contributed by atoms with Gasteiger partial charge in [-0.2, -0.15) is 5.10 Å². The van der Waals surface area contributed by atoms with Crippen molar-refractivity contribution < 1.29 is 9.90 Å². The lowest BCUT2D eigenvalue weighted by atomic mass is 10.00. The van der Waals surface area contributed by atoms with Gasteiger partial charge in [0.05, 0.1) is 11.6 Å². The van der Waals surface area contributed by atoms with Crippen LogP contribution in [0.4, 0.5) is 0 Å². The number of nitrogens with two attached hydrogens (primary N) is 1. The minimum Gasteiger partial charge on any atom is -0.481 e. The molecule has 0 aliphatic heterocycles. The first kappa shape index (κ1) is 12.7. The Kier molecular flexibility index (Phi) is 4.49. The number of carboxylic acid groups (broad SMARTS) is 1. The summed E-state index contributed by atoms with van der Waals surface area (Å²) in [6.45, 7) is 4.46. The number of rotatable bonds is 6. The zero-order chi connectivity index (χ0) is 12.1. The van der Waals surface area contributed by atoms with Crippen LogP contribution in [0, 0.1) is 5.92 Å². The highest BCUT2D eigenvalue weighted by Gasteiger charge is 2.18. The van der Waals surface area contributed by atoms with E-state index < -0.39 is 11.9 Å². The molecule has 1 atom stereocenters. The van der Waals surface area contributed by atoms with Crippen molar-refractivity contribution in [1.29, 1.82) is 0 Å². The Morgan fingerprint density at radius 3 is 2.75 bits per heavy atom. The van der Waals surface area contributed by atoms with E-state index in [1.165, 1.54) is 0 Å². The highest BCUT2D eigenvalue weighted by atomic mass is 16.4. The quantitative estimate of drug-likeness (QED) is 0.758. The van der Waals surface area contributed by atoms with Crippen molar-refractivity contribution in [2.75, 3.05) is 6.54 Å². The van der Waals surface area contributed by atoms with Crippen LogP contribution in [0.3, 0.4) is 0 Å². The number of hydrogen-bond acceptors (Lipinski definition) is 3. The van der Waals surface area contributed by atoms with Gasteiger partial charge in [0.25, 0.3) is 0 Å². The second kappa shape index (κ2) is 5.65. The molecule has 0 amide bonds. The number of hydrogen-bond donors (Lipinski definition) is 2. The predicted octanol–water partition coefficient (Wildman–Crippen LogP) is 1.06. The van der Waals surface area contributed by atoms with E-state index in [1.54, 1.807) is 0 Å². The first-order valence-electron chi connectivity index (χ1n) is 5.51. The summed E-state index contributed by atoms with van der Waals surface area (Å²) < 4.78 is 1.83. The molecular weight excluding hydrogens is 206 g/mol. The normalized spacial score (nSPS) is 13.0. The van der Waals surface area contributed by atoms with E-state index in [2.05, 4.69) is 5.10 Å². The molecule has 0 aliphatic rings. The van der Waals surface area contributed by atoms with Crippen molar-refractivity contribution in [2.45, 2.75) is 32.7 Å². The lowest BCUT2D eigenvalue weighted by Crippen LogP contribution is -2.20. The summed E-state index contributed by atoms with van der Waals surface area (Å²) in [6, 6.07) is 2.17. The smallest absolute Gasteiger partial charge is 0.306 e. The Hall–Kier alpha value is -1.36. The number of aromatic nitrogens is 2. The summed E-state index contributed by atoms with van der Waals surface area (Å²) in [7, 11) is 0. The van der Waals surface area contributed by atoms with Gasteiger partial charge >= 0.3 is 5.97 Å².